The molecule has 1 heterocycles. The molecule has 0 aliphatic carbocycles. The minimum Gasteiger partial charge on any atom is -0.451 e. The number of sulfonamides is 1. The summed E-state index contributed by atoms with van der Waals surface area (Å²) in [6.07, 6.45) is -1.18. The SMILES string of the molecule is C[C@H](OC(=O)[C@@H](C)NS(=O)(=O)c1ccccc1F)C(=O)Nc1ccc(N2CCOCC2)cc1. The second kappa shape index (κ2) is 10.7. The van der Waals surface area contributed by atoms with Crippen LogP contribution in [-0.2, 0) is 29.1 Å². The van der Waals surface area contributed by atoms with Crippen molar-refractivity contribution in [3.8, 4) is 0 Å². The van der Waals surface area contributed by atoms with Crippen LogP contribution >= 0.6 is 0 Å². The molecule has 0 aromatic heterocycles. The minimum atomic E-state index is -4.29. The smallest absolute Gasteiger partial charge is 0.324 e. The van der Waals surface area contributed by atoms with Crippen molar-refractivity contribution in [2.24, 2.45) is 0 Å². The fraction of sp³-hybridized carbons (Fsp3) is 0.364. The number of benzene rings is 2. The van der Waals surface area contributed by atoms with Crippen molar-refractivity contribution in [3.63, 3.8) is 0 Å². The number of hydrogen-bond donors (Lipinski definition) is 2. The van der Waals surface area contributed by atoms with Crippen molar-refractivity contribution in [1.82, 2.24) is 4.72 Å². The van der Waals surface area contributed by atoms with E-state index >= 15 is 0 Å². The van der Waals surface area contributed by atoms with Gasteiger partial charge in [-0.3, -0.25) is 9.59 Å². The molecule has 3 rings (SSSR count). The van der Waals surface area contributed by atoms with Gasteiger partial charge in [-0.05, 0) is 50.2 Å². The highest BCUT2D eigenvalue weighted by molar-refractivity contribution is 7.89. The van der Waals surface area contributed by atoms with Crippen molar-refractivity contribution in [1.29, 1.82) is 0 Å². The summed E-state index contributed by atoms with van der Waals surface area (Å²) < 4.78 is 50.9. The molecule has 0 bridgehead atoms. The van der Waals surface area contributed by atoms with E-state index in [1.54, 1.807) is 12.1 Å². The van der Waals surface area contributed by atoms with Crippen molar-refractivity contribution < 1.29 is 31.9 Å². The van der Waals surface area contributed by atoms with E-state index in [-0.39, 0.29) is 0 Å². The van der Waals surface area contributed by atoms with Gasteiger partial charge in [-0.2, -0.15) is 4.72 Å². The fourth-order valence-electron chi connectivity index (χ4n) is 3.16. The summed E-state index contributed by atoms with van der Waals surface area (Å²) >= 11 is 0. The summed E-state index contributed by atoms with van der Waals surface area (Å²) in [7, 11) is -4.29. The molecule has 0 radical (unpaired) electrons. The normalized spacial score (nSPS) is 16.0. The van der Waals surface area contributed by atoms with Gasteiger partial charge in [-0.15, -0.1) is 0 Å². The van der Waals surface area contributed by atoms with Gasteiger partial charge in [0.15, 0.2) is 6.10 Å². The topological polar surface area (TPSA) is 114 Å². The van der Waals surface area contributed by atoms with Gasteiger partial charge in [0, 0.05) is 24.5 Å². The van der Waals surface area contributed by atoms with E-state index in [0.29, 0.717) is 18.9 Å². The van der Waals surface area contributed by atoms with Crippen LogP contribution in [0.25, 0.3) is 0 Å². The quantitative estimate of drug-likeness (QED) is 0.556. The van der Waals surface area contributed by atoms with E-state index in [0.717, 1.165) is 30.9 Å². The van der Waals surface area contributed by atoms with Crippen LogP contribution < -0.4 is 14.9 Å². The molecule has 1 amide bonds. The molecule has 178 valence electrons. The van der Waals surface area contributed by atoms with E-state index in [1.165, 1.54) is 26.0 Å². The van der Waals surface area contributed by atoms with Gasteiger partial charge in [0.1, 0.15) is 16.8 Å². The number of rotatable bonds is 8. The average molecular weight is 480 g/mol. The summed E-state index contributed by atoms with van der Waals surface area (Å²) in [6, 6.07) is 10.7. The third-order valence-corrected chi connectivity index (χ3v) is 6.56. The van der Waals surface area contributed by atoms with Gasteiger partial charge in [0.05, 0.1) is 13.2 Å². The number of carbonyl (C=O) groups excluding carboxylic acids is 2. The molecule has 9 nitrogen and oxygen atoms in total. The van der Waals surface area contributed by atoms with Crippen LogP contribution in [0.2, 0.25) is 0 Å². The number of carbonyl (C=O) groups is 2. The Labute approximate surface area is 191 Å². The van der Waals surface area contributed by atoms with E-state index in [9.17, 15) is 22.4 Å². The lowest BCUT2D eigenvalue weighted by Gasteiger charge is -2.29. The van der Waals surface area contributed by atoms with Gasteiger partial charge in [-0.1, -0.05) is 12.1 Å². The zero-order valence-corrected chi connectivity index (χ0v) is 19.1. The van der Waals surface area contributed by atoms with Crippen molar-refractivity contribution in [2.45, 2.75) is 30.9 Å². The van der Waals surface area contributed by atoms with Gasteiger partial charge in [-0.25, -0.2) is 12.8 Å². The predicted octanol–water partition coefficient (Wildman–Crippen LogP) is 1.90. The van der Waals surface area contributed by atoms with Crippen LogP contribution in [0.4, 0.5) is 15.8 Å². The second-order valence-corrected chi connectivity index (χ2v) is 9.17. The van der Waals surface area contributed by atoms with E-state index in [2.05, 4.69) is 14.9 Å². The van der Waals surface area contributed by atoms with Crippen LogP contribution in [0.1, 0.15) is 13.8 Å². The average Bonchev–Trinajstić information content (AvgIpc) is 2.80. The number of nitrogens with one attached hydrogen (secondary N) is 2. The monoisotopic (exact) mass is 479 g/mol. The first kappa shape index (κ1) is 24.6. The third kappa shape index (κ3) is 6.50. The number of esters is 1. The van der Waals surface area contributed by atoms with Crippen LogP contribution in [0.15, 0.2) is 53.4 Å². The van der Waals surface area contributed by atoms with Crippen LogP contribution in [0.5, 0.6) is 0 Å². The summed E-state index contributed by atoms with van der Waals surface area (Å²) in [5.41, 5.74) is 1.53. The molecule has 0 unspecified atom stereocenters. The van der Waals surface area contributed by atoms with Crippen LogP contribution in [0, 0.1) is 5.82 Å². The van der Waals surface area contributed by atoms with Crippen molar-refractivity contribution in [2.75, 3.05) is 36.5 Å². The molecule has 2 aromatic carbocycles. The highest BCUT2D eigenvalue weighted by atomic mass is 32.2. The first-order chi connectivity index (χ1) is 15.7. The number of halogens is 1. The number of nitrogens with zero attached hydrogens (tertiary/aromatic N) is 1. The molecule has 1 saturated heterocycles. The first-order valence-corrected chi connectivity index (χ1v) is 11.9. The summed E-state index contributed by atoms with van der Waals surface area (Å²) in [6.45, 7) is 5.52. The summed E-state index contributed by atoms with van der Waals surface area (Å²) in [4.78, 5) is 26.3. The Morgan fingerprint density at radius 2 is 1.70 bits per heavy atom. The maximum atomic E-state index is 13.8. The Hall–Kier alpha value is -3.02. The minimum absolute atomic E-state index is 0.521. The molecule has 1 aliphatic heterocycles. The molecule has 2 atom stereocenters. The standard InChI is InChI=1S/C22H26FN3O6S/c1-15(25-33(29,30)20-6-4-3-5-19(20)23)22(28)32-16(2)21(27)24-17-7-9-18(10-8-17)26-11-13-31-14-12-26/h3-10,15-16,25H,11-14H2,1-2H3,(H,24,27)/t15-,16+/m1/s1. The first-order valence-electron chi connectivity index (χ1n) is 10.4. The Bertz CT molecular complexity index is 1090. The molecule has 11 heteroatoms. The molecular formula is C22H26FN3O6S. The maximum absolute atomic E-state index is 13.8. The Balaban J connectivity index is 1.53. The number of ether oxygens (including phenoxy) is 2. The van der Waals surface area contributed by atoms with Crippen LogP contribution in [-0.4, -0.2) is 58.7 Å². The third-order valence-electron chi connectivity index (χ3n) is 4.98. The van der Waals surface area contributed by atoms with Gasteiger partial charge in [0.2, 0.25) is 10.0 Å². The lowest BCUT2D eigenvalue weighted by Crippen LogP contribution is -2.42. The number of hydrogen-bond acceptors (Lipinski definition) is 7. The van der Waals surface area contributed by atoms with Gasteiger partial charge >= 0.3 is 5.97 Å². The van der Waals surface area contributed by atoms with Gasteiger partial charge in [0.25, 0.3) is 5.91 Å². The summed E-state index contributed by atoms with van der Waals surface area (Å²) in [5, 5.41) is 2.65. The Morgan fingerprint density at radius 1 is 1.06 bits per heavy atom. The van der Waals surface area contributed by atoms with Gasteiger partial charge < -0.3 is 19.7 Å². The second-order valence-electron chi connectivity index (χ2n) is 7.49. The molecular weight excluding hydrogens is 453 g/mol. The van der Waals surface area contributed by atoms with Crippen LogP contribution in [0.3, 0.4) is 0 Å². The van der Waals surface area contributed by atoms with E-state index in [4.69, 9.17) is 9.47 Å². The van der Waals surface area contributed by atoms with Crippen molar-refractivity contribution in [3.05, 3.63) is 54.3 Å². The number of amides is 1. The Kier molecular flexibility index (Phi) is 8.01. The molecule has 0 spiro atoms. The Morgan fingerprint density at radius 3 is 2.33 bits per heavy atom. The lowest BCUT2D eigenvalue weighted by atomic mass is 10.2. The number of anilines is 2. The lowest BCUT2D eigenvalue weighted by molar-refractivity contribution is -0.154. The largest absolute Gasteiger partial charge is 0.451 e. The molecule has 33 heavy (non-hydrogen) atoms. The molecule has 2 N–H and O–H groups in total. The van der Waals surface area contributed by atoms with E-state index < -0.39 is 44.8 Å². The van der Waals surface area contributed by atoms with E-state index in [1.807, 2.05) is 12.1 Å². The molecule has 1 fully saturated rings. The molecule has 2 aromatic rings. The zero-order chi connectivity index (χ0) is 24.0. The molecule has 1 aliphatic rings. The summed E-state index contributed by atoms with van der Waals surface area (Å²) in [5.74, 6) is -2.50. The molecule has 0 saturated carbocycles. The highest BCUT2D eigenvalue weighted by Gasteiger charge is 2.28. The zero-order valence-electron chi connectivity index (χ0n) is 18.3. The maximum Gasteiger partial charge on any atom is 0.324 e. The fourth-order valence-corrected chi connectivity index (χ4v) is 4.43. The highest BCUT2D eigenvalue weighted by Crippen LogP contribution is 2.19. The predicted molar refractivity (Wildman–Crippen MR) is 120 cm³/mol. The van der Waals surface area contributed by atoms with Crippen molar-refractivity contribution >= 4 is 33.3 Å². The number of morpholine rings is 1.